The molecule has 3 aliphatic rings. The van der Waals surface area contributed by atoms with Gasteiger partial charge in [0.2, 0.25) is 0 Å². The Morgan fingerprint density at radius 3 is 1.31 bits per heavy atom. The van der Waals surface area contributed by atoms with E-state index >= 15 is 0 Å². The predicted octanol–water partition coefficient (Wildman–Crippen LogP) is 0.370. The van der Waals surface area contributed by atoms with Crippen molar-refractivity contribution in [2.24, 2.45) is 23.7 Å². The Labute approximate surface area is 75.5 Å². The van der Waals surface area contributed by atoms with Gasteiger partial charge >= 0.3 is 0 Å². The summed E-state index contributed by atoms with van der Waals surface area (Å²) in [6.45, 7) is 0. The summed E-state index contributed by atoms with van der Waals surface area (Å²) in [6.07, 6.45) is 1.24. The largest absolute Gasteiger partial charge is 0.299 e. The molecular weight excluding hydrogens is 168 g/mol. The highest BCUT2D eigenvalue weighted by Crippen LogP contribution is 2.53. The van der Waals surface area contributed by atoms with E-state index < -0.39 is 0 Å². The Kier molecular flexibility index (Phi) is 1.19. The topological polar surface area (TPSA) is 51.2 Å². The quantitative estimate of drug-likeness (QED) is 0.538. The van der Waals surface area contributed by atoms with E-state index in [4.69, 9.17) is 0 Å². The highest BCUT2D eigenvalue weighted by molar-refractivity contribution is 6.04. The van der Waals surface area contributed by atoms with Gasteiger partial charge in [-0.15, -0.1) is 0 Å². The van der Waals surface area contributed by atoms with E-state index in [0.29, 0.717) is 19.3 Å². The predicted molar refractivity (Wildman–Crippen MR) is 42.8 cm³/mol. The lowest BCUT2D eigenvalue weighted by Crippen LogP contribution is -2.12. The Balaban J connectivity index is 2.07. The van der Waals surface area contributed by atoms with Crippen molar-refractivity contribution in [3.8, 4) is 0 Å². The lowest BCUT2D eigenvalue weighted by Gasteiger charge is -2.08. The van der Waals surface area contributed by atoms with Crippen LogP contribution in [0.5, 0.6) is 0 Å². The van der Waals surface area contributed by atoms with Gasteiger partial charge in [-0.25, -0.2) is 0 Å². The third kappa shape index (κ3) is 0.729. The summed E-state index contributed by atoms with van der Waals surface area (Å²) in [6, 6.07) is 0. The molecule has 0 bridgehead atoms. The van der Waals surface area contributed by atoms with Crippen LogP contribution in [0.15, 0.2) is 0 Å². The highest BCUT2D eigenvalue weighted by atomic mass is 16.1. The van der Waals surface area contributed by atoms with Gasteiger partial charge in [-0.05, 0) is 5.92 Å². The molecule has 0 aromatic carbocycles. The summed E-state index contributed by atoms with van der Waals surface area (Å²) in [5.74, 6) is 0.293. The summed E-state index contributed by atoms with van der Waals surface area (Å²) in [4.78, 5) is 34.3. The maximum Gasteiger partial charge on any atom is 0.137 e. The fourth-order valence-electron chi connectivity index (χ4n) is 3.34. The number of ketones is 3. The summed E-state index contributed by atoms with van der Waals surface area (Å²) < 4.78 is 0. The van der Waals surface area contributed by atoms with Crippen molar-refractivity contribution in [2.45, 2.75) is 19.3 Å². The summed E-state index contributed by atoms with van der Waals surface area (Å²) in [5, 5.41) is 0. The standard InChI is InChI=1S/C10H10O3/c11-7-1-4-8(12)3-6-9(13)2-5(7)10(4)6/h4-6,10H,1-3H2/t4-,5-,6-,10?/m0/s1. The molecule has 3 aliphatic carbocycles. The molecule has 0 unspecified atom stereocenters. The molecule has 0 aromatic rings. The van der Waals surface area contributed by atoms with Crippen LogP contribution in [0, 0.1) is 23.7 Å². The molecule has 3 saturated carbocycles. The van der Waals surface area contributed by atoms with Crippen molar-refractivity contribution in [2.75, 3.05) is 0 Å². The first-order valence-corrected chi connectivity index (χ1v) is 4.76. The molecule has 3 atom stereocenters. The van der Waals surface area contributed by atoms with Crippen molar-refractivity contribution in [1.29, 1.82) is 0 Å². The summed E-state index contributed by atoms with van der Waals surface area (Å²) in [5.41, 5.74) is 0. The van der Waals surface area contributed by atoms with E-state index in [-0.39, 0.29) is 41.0 Å². The zero-order valence-corrected chi connectivity index (χ0v) is 7.16. The van der Waals surface area contributed by atoms with E-state index in [9.17, 15) is 14.4 Å². The highest BCUT2D eigenvalue weighted by Gasteiger charge is 2.60. The van der Waals surface area contributed by atoms with Gasteiger partial charge in [0.15, 0.2) is 0 Å². The van der Waals surface area contributed by atoms with Crippen LogP contribution < -0.4 is 0 Å². The van der Waals surface area contributed by atoms with Gasteiger partial charge in [-0.2, -0.15) is 0 Å². The maximum absolute atomic E-state index is 11.4. The number of carbonyl (C=O) groups excluding carboxylic acids is 3. The molecule has 0 radical (unpaired) electrons. The third-order valence-corrected chi connectivity index (χ3v) is 3.90. The van der Waals surface area contributed by atoms with Crippen molar-refractivity contribution in [3.63, 3.8) is 0 Å². The van der Waals surface area contributed by atoms with E-state index in [1.165, 1.54) is 0 Å². The lowest BCUT2D eigenvalue weighted by atomic mass is 9.92. The number of Topliss-reactive ketones (excluding diaryl/α,β-unsaturated/α-hetero) is 3. The number of hydrogen-bond donors (Lipinski definition) is 0. The second kappa shape index (κ2) is 2.08. The molecule has 3 heteroatoms. The molecule has 68 valence electrons. The number of hydrogen-bond acceptors (Lipinski definition) is 3. The molecule has 13 heavy (non-hydrogen) atoms. The van der Waals surface area contributed by atoms with E-state index in [1.54, 1.807) is 0 Å². The van der Waals surface area contributed by atoms with Crippen LogP contribution in [0.2, 0.25) is 0 Å². The molecule has 0 spiro atoms. The van der Waals surface area contributed by atoms with Gasteiger partial charge in [0.05, 0.1) is 0 Å². The van der Waals surface area contributed by atoms with E-state index in [0.717, 1.165) is 0 Å². The molecule has 0 N–H and O–H groups in total. The second-order valence-corrected chi connectivity index (χ2v) is 4.41. The molecule has 3 nitrogen and oxygen atoms in total. The van der Waals surface area contributed by atoms with Crippen LogP contribution in [0.4, 0.5) is 0 Å². The van der Waals surface area contributed by atoms with Gasteiger partial charge in [-0.3, -0.25) is 14.4 Å². The molecular formula is C10H10O3. The lowest BCUT2D eigenvalue weighted by molar-refractivity contribution is -0.124. The van der Waals surface area contributed by atoms with Gasteiger partial charge in [-0.1, -0.05) is 0 Å². The first-order chi connectivity index (χ1) is 6.18. The van der Waals surface area contributed by atoms with Crippen LogP contribution in [-0.2, 0) is 14.4 Å². The molecule has 0 amide bonds. The molecule has 0 aliphatic heterocycles. The van der Waals surface area contributed by atoms with Crippen molar-refractivity contribution in [3.05, 3.63) is 0 Å². The molecule has 0 aromatic heterocycles. The third-order valence-electron chi connectivity index (χ3n) is 3.90. The number of rotatable bonds is 0. The Hall–Kier alpha value is -0.990. The Bertz CT molecular complexity index is 279. The maximum atomic E-state index is 11.4. The van der Waals surface area contributed by atoms with Crippen molar-refractivity contribution < 1.29 is 14.4 Å². The van der Waals surface area contributed by atoms with Gasteiger partial charge in [0, 0.05) is 37.0 Å². The normalized spacial score (nSPS) is 47.5. The zero-order chi connectivity index (χ0) is 9.16. The Morgan fingerprint density at radius 1 is 0.692 bits per heavy atom. The van der Waals surface area contributed by atoms with Crippen LogP contribution in [0.1, 0.15) is 19.3 Å². The summed E-state index contributed by atoms with van der Waals surface area (Å²) >= 11 is 0. The molecule has 0 heterocycles. The van der Waals surface area contributed by atoms with Gasteiger partial charge < -0.3 is 0 Å². The summed E-state index contributed by atoms with van der Waals surface area (Å²) in [7, 11) is 0. The van der Waals surface area contributed by atoms with Crippen LogP contribution in [0.3, 0.4) is 0 Å². The van der Waals surface area contributed by atoms with Crippen molar-refractivity contribution >= 4 is 17.3 Å². The van der Waals surface area contributed by atoms with E-state index in [2.05, 4.69) is 0 Å². The fourth-order valence-corrected chi connectivity index (χ4v) is 3.34. The minimum absolute atomic E-state index is 0.0889. The average molecular weight is 178 g/mol. The molecule has 3 rings (SSSR count). The zero-order valence-electron chi connectivity index (χ0n) is 7.16. The average Bonchev–Trinajstić information content (AvgIpc) is 2.63. The van der Waals surface area contributed by atoms with Crippen LogP contribution in [0.25, 0.3) is 0 Å². The van der Waals surface area contributed by atoms with E-state index in [1.807, 2.05) is 0 Å². The minimum atomic E-state index is -0.0889. The number of carbonyl (C=O) groups is 3. The minimum Gasteiger partial charge on any atom is -0.299 e. The molecule has 0 saturated heterocycles. The SMILES string of the molecule is O=C1C[C@H]2C(=O)C[C@H]3C(=O)C[C@@H]1C32. The first kappa shape index (κ1) is 7.42. The Morgan fingerprint density at radius 2 is 1.00 bits per heavy atom. The fraction of sp³-hybridized carbons (Fsp3) is 0.700. The van der Waals surface area contributed by atoms with Crippen molar-refractivity contribution in [1.82, 2.24) is 0 Å². The van der Waals surface area contributed by atoms with Gasteiger partial charge in [0.25, 0.3) is 0 Å². The second-order valence-electron chi connectivity index (χ2n) is 4.41. The molecule has 3 fully saturated rings. The van der Waals surface area contributed by atoms with Crippen LogP contribution >= 0.6 is 0 Å². The van der Waals surface area contributed by atoms with Gasteiger partial charge in [0.1, 0.15) is 17.3 Å². The van der Waals surface area contributed by atoms with Crippen LogP contribution in [-0.4, -0.2) is 17.3 Å². The smallest absolute Gasteiger partial charge is 0.137 e. The monoisotopic (exact) mass is 178 g/mol. The first-order valence-electron chi connectivity index (χ1n) is 4.76.